The van der Waals surface area contributed by atoms with Gasteiger partial charge in [-0.3, -0.25) is 9.59 Å². The molecule has 0 aromatic rings. The van der Waals surface area contributed by atoms with Crippen LogP contribution in [0.3, 0.4) is 0 Å². The maximum absolute atomic E-state index is 11.7. The van der Waals surface area contributed by atoms with Crippen molar-refractivity contribution in [2.24, 2.45) is 0 Å². The van der Waals surface area contributed by atoms with Gasteiger partial charge in [-0.05, 0) is 25.8 Å². The van der Waals surface area contributed by atoms with Crippen LogP contribution in [-0.2, 0) is 9.59 Å². The van der Waals surface area contributed by atoms with Crippen molar-refractivity contribution in [2.45, 2.75) is 37.8 Å². The molecule has 2 aliphatic heterocycles. The van der Waals surface area contributed by atoms with E-state index in [2.05, 4.69) is 16.0 Å². The molecule has 5 nitrogen and oxygen atoms in total. The second kappa shape index (κ2) is 4.61. The fourth-order valence-corrected chi connectivity index (χ4v) is 2.09. The van der Waals surface area contributed by atoms with Crippen LogP contribution in [0.4, 0.5) is 0 Å². The number of rotatable bonds is 2. The van der Waals surface area contributed by atoms with Crippen LogP contribution in [0.2, 0.25) is 0 Å². The molecule has 0 aromatic heterocycles. The summed E-state index contributed by atoms with van der Waals surface area (Å²) in [5.74, 6) is -0.0496. The summed E-state index contributed by atoms with van der Waals surface area (Å²) in [5.41, 5.74) is 0. The summed E-state index contributed by atoms with van der Waals surface area (Å²) in [6, 6.07) is -0.0804. The van der Waals surface area contributed by atoms with Crippen LogP contribution in [0.15, 0.2) is 0 Å². The fraction of sp³-hybridized carbons (Fsp3) is 0.800. The Labute approximate surface area is 89.0 Å². The van der Waals surface area contributed by atoms with E-state index < -0.39 is 0 Å². The van der Waals surface area contributed by atoms with Gasteiger partial charge in [-0.2, -0.15) is 0 Å². The second-order valence-corrected chi connectivity index (χ2v) is 4.21. The molecule has 2 aliphatic rings. The minimum atomic E-state index is -0.306. The summed E-state index contributed by atoms with van der Waals surface area (Å²) in [6.07, 6.45) is 3.23. The highest BCUT2D eigenvalue weighted by Crippen LogP contribution is 2.08. The minimum Gasteiger partial charge on any atom is -0.350 e. The molecule has 2 rings (SSSR count). The zero-order valence-electron chi connectivity index (χ0n) is 8.71. The molecule has 2 amide bonds. The molecule has 2 heterocycles. The molecule has 0 bridgehead atoms. The first-order chi connectivity index (χ1) is 7.25. The Kier molecular flexibility index (Phi) is 3.20. The molecule has 5 heteroatoms. The predicted octanol–water partition coefficient (Wildman–Crippen LogP) is -0.867. The third-order valence-corrected chi connectivity index (χ3v) is 2.96. The molecule has 3 N–H and O–H groups in total. The Morgan fingerprint density at radius 1 is 1.40 bits per heavy atom. The van der Waals surface area contributed by atoms with Crippen LogP contribution >= 0.6 is 0 Å². The lowest BCUT2D eigenvalue weighted by atomic mass is 10.1. The van der Waals surface area contributed by atoms with E-state index in [1.54, 1.807) is 0 Å². The third-order valence-electron chi connectivity index (χ3n) is 2.96. The third kappa shape index (κ3) is 2.68. The molecule has 0 aliphatic carbocycles. The predicted molar refractivity (Wildman–Crippen MR) is 55.2 cm³/mol. The number of piperidine rings is 1. The van der Waals surface area contributed by atoms with Gasteiger partial charge in [0.2, 0.25) is 11.8 Å². The minimum absolute atomic E-state index is 0.0167. The van der Waals surface area contributed by atoms with E-state index in [0.29, 0.717) is 12.8 Å². The molecule has 0 saturated carbocycles. The summed E-state index contributed by atoms with van der Waals surface area (Å²) in [6.45, 7) is 1.87. The highest BCUT2D eigenvalue weighted by Gasteiger charge is 2.28. The van der Waals surface area contributed by atoms with Crippen molar-refractivity contribution >= 4 is 11.8 Å². The topological polar surface area (TPSA) is 70.2 Å². The summed E-state index contributed by atoms with van der Waals surface area (Å²) in [7, 11) is 0. The second-order valence-electron chi connectivity index (χ2n) is 4.21. The Balaban J connectivity index is 1.78. The lowest BCUT2D eigenvalue weighted by molar-refractivity contribution is -0.126. The van der Waals surface area contributed by atoms with Gasteiger partial charge in [0.15, 0.2) is 0 Å². The molecular weight excluding hydrogens is 194 g/mol. The van der Waals surface area contributed by atoms with Crippen molar-refractivity contribution in [2.75, 3.05) is 13.1 Å². The van der Waals surface area contributed by atoms with E-state index in [4.69, 9.17) is 0 Å². The quantitative estimate of drug-likeness (QED) is 0.556. The van der Waals surface area contributed by atoms with Crippen molar-refractivity contribution in [3.63, 3.8) is 0 Å². The maximum atomic E-state index is 11.7. The average molecular weight is 211 g/mol. The van der Waals surface area contributed by atoms with E-state index in [-0.39, 0.29) is 23.9 Å². The van der Waals surface area contributed by atoms with Gasteiger partial charge < -0.3 is 16.0 Å². The monoisotopic (exact) mass is 211 g/mol. The van der Waals surface area contributed by atoms with Crippen LogP contribution in [0.5, 0.6) is 0 Å². The van der Waals surface area contributed by atoms with Gasteiger partial charge in [-0.25, -0.2) is 0 Å². The molecule has 15 heavy (non-hydrogen) atoms. The van der Waals surface area contributed by atoms with E-state index >= 15 is 0 Å². The van der Waals surface area contributed by atoms with Crippen LogP contribution in [0.25, 0.3) is 0 Å². The van der Waals surface area contributed by atoms with E-state index in [9.17, 15) is 9.59 Å². The van der Waals surface area contributed by atoms with Crippen LogP contribution < -0.4 is 16.0 Å². The Morgan fingerprint density at radius 2 is 2.27 bits per heavy atom. The number of hydrogen-bond acceptors (Lipinski definition) is 3. The van der Waals surface area contributed by atoms with Gasteiger partial charge in [0.1, 0.15) is 6.04 Å². The highest BCUT2D eigenvalue weighted by molar-refractivity contribution is 5.90. The Bertz CT molecular complexity index is 261. The van der Waals surface area contributed by atoms with Crippen molar-refractivity contribution < 1.29 is 9.59 Å². The Morgan fingerprint density at radius 3 is 2.87 bits per heavy atom. The largest absolute Gasteiger partial charge is 0.350 e. The molecule has 0 spiro atoms. The molecule has 1 unspecified atom stereocenters. The standard InChI is InChI=1S/C10H17N3O2/c14-9-4-3-8(13-9)10(15)12-7-2-1-5-11-6-7/h7-8,11H,1-6H2,(H,12,15)(H,13,14)/t7?,8-/m0/s1. The summed E-state index contributed by atoms with van der Waals surface area (Å²) in [5, 5.41) is 8.87. The van der Waals surface area contributed by atoms with Gasteiger partial charge in [-0.1, -0.05) is 0 Å². The van der Waals surface area contributed by atoms with Crippen LogP contribution in [0, 0.1) is 0 Å². The molecule has 84 valence electrons. The van der Waals surface area contributed by atoms with E-state index in [1.807, 2.05) is 0 Å². The number of nitrogens with one attached hydrogen (secondary N) is 3. The van der Waals surface area contributed by atoms with Gasteiger partial charge in [0.05, 0.1) is 0 Å². The van der Waals surface area contributed by atoms with Crippen molar-refractivity contribution in [3.05, 3.63) is 0 Å². The molecule has 2 saturated heterocycles. The SMILES string of the molecule is O=C1CC[C@@H](C(=O)NC2CCCNC2)N1. The van der Waals surface area contributed by atoms with Gasteiger partial charge in [-0.15, -0.1) is 0 Å². The lowest BCUT2D eigenvalue weighted by Crippen LogP contribution is -2.50. The first kappa shape index (κ1) is 10.4. The first-order valence-electron chi connectivity index (χ1n) is 5.56. The maximum Gasteiger partial charge on any atom is 0.242 e. The fourth-order valence-electron chi connectivity index (χ4n) is 2.09. The molecule has 2 atom stereocenters. The summed E-state index contributed by atoms with van der Waals surface area (Å²) in [4.78, 5) is 22.7. The summed E-state index contributed by atoms with van der Waals surface area (Å²) < 4.78 is 0. The number of carbonyl (C=O) groups excluding carboxylic acids is 2. The van der Waals surface area contributed by atoms with Gasteiger partial charge in [0.25, 0.3) is 0 Å². The van der Waals surface area contributed by atoms with Gasteiger partial charge in [0, 0.05) is 19.0 Å². The lowest BCUT2D eigenvalue weighted by Gasteiger charge is -2.25. The molecular formula is C10H17N3O2. The smallest absolute Gasteiger partial charge is 0.242 e. The van der Waals surface area contributed by atoms with E-state index in [1.165, 1.54) is 0 Å². The van der Waals surface area contributed by atoms with Crippen LogP contribution in [-0.4, -0.2) is 37.0 Å². The summed E-state index contributed by atoms with van der Waals surface area (Å²) >= 11 is 0. The Hall–Kier alpha value is -1.10. The van der Waals surface area contributed by atoms with Crippen LogP contribution in [0.1, 0.15) is 25.7 Å². The average Bonchev–Trinajstić information content (AvgIpc) is 2.66. The van der Waals surface area contributed by atoms with Gasteiger partial charge >= 0.3 is 0 Å². The van der Waals surface area contributed by atoms with Crippen molar-refractivity contribution in [1.29, 1.82) is 0 Å². The first-order valence-corrected chi connectivity index (χ1v) is 5.56. The van der Waals surface area contributed by atoms with Crippen molar-refractivity contribution in [1.82, 2.24) is 16.0 Å². The van der Waals surface area contributed by atoms with E-state index in [0.717, 1.165) is 25.9 Å². The molecule has 0 radical (unpaired) electrons. The number of carbonyl (C=O) groups is 2. The normalized spacial score (nSPS) is 31.1. The number of amides is 2. The van der Waals surface area contributed by atoms with Crippen molar-refractivity contribution in [3.8, 4) is 0 Å². The highest BCUT2D eigenvalue weighted by atomic mass is 16.2. The zero-order valence-corrected chi connectivity index (χ0v) is 8.71. The molecule has 0 aromatic carbocycles. The molecule has 2 fully saturated rings. The number of hydrogen-bond donors (Lipinski definition) is 3. The zero-order chi connectivity index (χ0) is 10.7.